The Balaban J connectivity index is 2.16. The number of anilines is 1. The molecule has 21 heavy (non-hydrogen) atoms. The smallest absolute Gasteiger partial charge is 0.417 e. The number of hydrogen-bond donors (Lipinski definition) is 2. The van der Waals surface area contributed by atoms with Crippen LogP contribution in [0.3, 0.4) is 0 Å². The van der Waals surface area contributed by atoms with Gasteiger partial charge in [-0.2, -0.15) is 13.2 Å². The van der Waals surface area contributed by atoms with Crippen LogP contribution in [0.15, 0.2) is 18.2 Å². The minimum Gasteiger partial charge on any atom is -0.478 e. The Morgan fingerprint density at radius 2 is 2.05 bits per heavy atom. The topological polar surface area (TPSA) is 49.3 Å². The van der Waals surface area contributed by atoms with Crippen LogP contribution in [0.4, 0.5) is 18.9 Å². The van der Waals surface area contributed by atoms with E-state index in [9.17, 15) is 18.0 Å². The van der Waals surface area contributed by atoms with Gasteiger partial charge >= 0.3 is 12.1 Å². The normalized spacial score (nSPS) is 16.6. The summed E-state index contributed by atoms with van der Waals surface area (Å²) in [6.07, 6.45) is -0.390. The molecule has 0 aliphatic heterocycles. The van der Waals surface area contributed by atoms with E-state index in [0.29, 0.717) is 12.2 Å². The molecule has 2 rings (SSSR count). The Labute approximate surface area is 121 Å². The number of nitrogens with one attached hydrogen (secondary N) is 1. The third-order valence-corrected chi connectivity index (χ3v) is 3.96. The summed E-state index contributed by atoms with van der Waals surface area (Å²) in [6, 6.07) is 3.28. The predicted octanol–water partition coefficient (Wildman–Crippen LogP) is 4.40. The van der Waals surface area contributed by atoms with Crippen LogP contribution >= 0.6 is 0 Å². The zero-order chi connectivity index (χ0) is 15.7. The Hall–Kier alpha value is -1.72. The number of rotatable bonds is 6. The lowest BCUT2D eigenvalue weighted by Gasteiger charge is -2.17. The van der Waals surface area contributed by atoms with Crippen LogP contribution in [-0.2, 0) is 6.18 Å². The first kappa shape index (κ1) is 15.7. The SMILES string of the molecule is CCCC1(CNc2ccc(C(=O)O)c(C(F)(F)F)c2)CC1. The number of aromatic carboxylic acids is 1. The Morgan fingerprint density at radius 1 is 1.38 bits per heavy atom. The van der Waals surface area contributed by atoms with Gasteiger partial charge in [0, 0.05) is 12.2 Å². The van der Waals surface area contributed by atoms with E-state index in [1.165, 1.54) is 6.07 Å². The second kappa shape index (κ2) is 5.58. The molecular weight excluding hydrogens is 283 g/mol. The van der Waals surface area contributed by atoms with Crippen molar-refractivity contribution in [2.75, 3.05) is 11.9 Å². The Bertz CT molecular complexity index is 536. The average molecular weight is 301 g/mol. The Morgan fingerprint density at radius 3 is 2.52 bits per heavy atom. The summed E-state index contributed by atoms with van der Waals surface area (Å²) in [6.45, 7) is 2.72. The minimum atomic E-state index is -4.67. The molecule has 0 bridgehead atoms. The van der Waals surface area contributed by atoms with Crippen molar-refractivity contribution in [2.24, 2.45) is 5.41 Å². The maximum Gasteiger partial charge on any atom is 0.417 e. The highest BCUT2D eigenvalue weighted by molar-refractivity contribution is 5.90. The average Bonchev–Trinajstić information content (AvgIpc) is 3.16. The molecule has 1 aliphatic rings. The molecule has 0 saturated heterocycles. The van der Waals surface area contributed by atoms with Gasteiger partial charge in [-0.25, -0.2) is 4.79 Å². The monoisotopic (exact) mass is 301 g/mol. The van der Waals surface area contributed by atoms with Gasteiger partial charge in [0.2, 0.25) is 0 Å². The summed E-state index contributed by atoms with van der Waals surface area (Å²) in [5, 5.41) is 11.9. The van der Waals surface area contributed by atoms with Crippen molar-refractivity contribution >= 4 is 11.7 Å². The molecule has 2 N–H and O–H groups in total. The van der Waals surface area contributed by atoms with Gasteiger partial charge in [-0.1, -0.05) is 13.3 Å². The van der Waals surface area contributed by atoms with Gasteiger partial charge in [-0.15, -0.1) is 0 Å². The van der Waals surface area contributed by atoms with Gasteiger partial charge < -0.3 is 10.4 Å². The lowest BCUT2D eigenvalue weighted by molar-refractivity contribution is -0.138. The number of benzene rings is 1. The fraction of sp³-hybridized carbons (Fsp3) is 0.533. The molecule has 1 aliphatic carbocycles. The molecule has 0 atom stereocenters. The van der Waals surface area contributed by atoms with Gasteiger partial charge in [0.1, 0.15) is 0 Å². The van der Waals surface area contributed by atoms with Crippen LogP contribution in [0, 0.1) is 5.41 Å². The summed E-state index contributed by atoms with van der Waals surface area (Å²) in [7, 11) is 0. The van der Waals surface area contributed by atoms with Crippen LogP contribution in [0.2, 0.25) is 0 Å². The van der Waals surface area contributed by atoms with E-state index in [4.69, 9.17) is 5.11 Å². The maximum absolute atomic E-state index is 12.9. The van der Waals surface area contributed by atoms with Crippen LogP contribution in [0.1, 0.15) is 48.5 Å². The molecule has 1 aromatic carbocycles. The number of carboxylic acids is 1. The second-order valence-corrected chi connectivity index (χ2v) is 5.67. The van der Waals surface area contributed by atoms with Gasteiger partial charge in [0.05, 0.1) is 11.1 Å². The quantitative estimate of drug-likeness (QED) is 0.819. The largest absolute Gasteiger partial charge is 0.478 e. The fourth-order valence-corrected chi connectivity index (χ4v) is 2.59. The summed E-state index contributed by atoms with van der Waals surface area (Å²) in [5.74, 6) is -1.57. The molecule has 0 aromatic heterocycles. The fourth-order valence-electron chi connectivity index (χ4n) is 2.59. The molecule has 0 amide bonds. The molecule has 116 valence electrons. The van der Waals surface area contributed by atoms with Crippen molar-refractivity contribution in [1.29, 1.82) is 0 Å². The van der Waals surface area contributed by atoms with Crippen LogP contribution in [-0.4, -0.2) is 17.6 Å². The van der Waals surface area contributed by atoms with Crippen molar-refractivity contribution in [3.63, 3.8) is 0 Å². The first-order valence-corrected chi connectivity index (χ1v) is 6.96. The van der Waals surface area contributed by atoms with Crippen LogP contribution < -0.4 is 5.32 Å². The zero-order valence-corrected chi connectivity index (χ0v) is 11.8. The van der Waals surface area contributed by atoms with E-state index >= 15 is 0 Å². The zero-order valence-electron chi connectivity index (χ0n) is 11.8. The number of carboxylic acid groups (broad SMARTS) is 1. The second-order valence-electron chi connectivity index (χ2n) is 5.67. The lowest BCUT2D eigenvalue weighted by Crippen LogP contribution is -2.17. The highest BCUT2D eigenvalue weighted by Gasteiger charge is 2.41. The lowest BCUT2D eigenvalue weighted by atomic mass is 10.0. The van der Waals surface area contributed by atoms with Crippen molar-refractivity contribution in [3.8, 4) is 0 Å². The van der Waals surface area contributed by atoms with Crippen molar-refractivity contribution in [3.05, 3.63) is 29.3 Å². The standard InChI is InChI=1S/C15H18F3NO2/c1-2-5-14(6-7-14)9-19-10-3-4-11(13(20)21)12(8-10)15(16,17)18/h3-4,8,19H,2,5-7,9H2,1H3,(H,20,21). The van der Waals surface area contributed by atoms with E-state index in [1.807, 2.05) is 0 Å². The van der Waals surface area contributed by atoms with Crippen molar-refractivity contribution in [1.82, 2.24) is 0 Å². The summed E-state index contributed by atoms with van der Waals surface area (Å²) < 4.78 is 38.7. The maximum atomic E-state index is 12.9. The highest BCUT2D eigenvalue weighted by Crippen LogP contribution is 2.49. The molecule has 1 aromatic rings. The molecule has 0 spiro atoms. The third kappa shape index (κ3) is 3.68. The van der Waals surface area contributed by atoms with E-state index in [-0.39, 0.29) is 5.41 Å². The predicted molar refractivity (Wildman–Crippen MR) is 73.5 cm³/mol. The highest BCUT2D eigenvalue weighted by atomic mass is 19.4. The van der Waals surface area contributed by atoms with Crippen molar-refractivity contribution < 1.29 is 23.1 Å². The minimum absolute atomic E-state index is 0.207. The molecule has 6 heteroatoms. The van der Waals surface area contributed by atoms with Gasteiger partial charge in [-0.3, -0.25) is 0 Å². The van der Waals surface area contributed by atoms with E-state index < -0.39 is 23.3 Å². The molecule has 1 saturated carbocycles. The molecule has 0 heterocycles. The Kier molecular flexibility index (Phi) is 4.16. The summed E-state index contributed by atoms with van der Waals surface area (Å²) in [5.41, 5.74) is -1.31. The molecule has 0 radical (unpaired) electrons. The molecule has 0 unspecified atom stereocenters. The first-order valence-electron chi connectivity index (χ1n) is 6.96. The number of alkyl halides is 3. The van der Waals surface area contributed by atoms with Crippen LogP contribution in [0.25, 0.3) is 0 Å². The number of hydrogen-bond acceptors (Lipinski definition) is 2. The van der Waals surface area contributed by atoms with Gasteiger partial charge in [0.15, 0.2) is 0 Å². The molecule has 1 fully saturated rings. The van der Waals surface area contributed by atoms with E-state index in [1.54, 1.807) is 0 Å². The summed E-state index contributed by atoms with van der Waals surface area (Å²) >= 11 is 0. The number of halogens is 3. The van der Waals surface area contributed by atoms with Crippen LogP contribution in [0.5, 0.6) is 0 Å². The summed E-state index contributed by atoms with van der Waals surface area (Å²) in [4.78, 5) is 10.9. The third-order valence-electron chi connectivity index (χ3n) is 3.96. The van der Waals surface area contributed by atoms with E-state index in [2.05, 4.69) is 12.2 Å². The number of carbonyl (C=O) groups is 1. The molecule has 3 nitrogen and oxygen atoms in total. The van der Waals surface area contributed by atoms with Crippen molar-refractivity contribution in [2.45, 2.75) is 38.8 Å². The first-order chi connectivity index (χ1) is 9.77. The molecular formula is C15H18F3NO2. The van der Waals surface area contributed by atoms with Gasteiger partial charge in [0.25, 0.3) is 0 Å². The van der Waals surface area contributed by atoms with Gasteiger partial charge in [-0.05, 0) is 42.9 Å². The van der Waals surface area contributed by atoms with E-state index in [0.717, 1.165) is 37.8 Å².